The van der Waals surface area contributed by atoms with Gasteiger partial charge in [-0.15, -0.1) is 0 Å². The first-order valence-electron chi connectivity index (χ1n) is 6.62. The van der Waals surface area contributed by atoms with Gasteiger partial charge in [-0.2, -0.15) is 0 Å². The maximum Gasteiger partial charge on any atom is 0.242 e. The molecule has 8 heteroatoms. The number of aromatic nitrogens is 3. The second kappa shape index (κ2) is 6.33. The van der Waals surface area contributed by atoms with Gasteiger partial charge >= 0.3 is 0 Å². The lowest BCUT2D eigenvalue weighted by Gasteiger charge is -2.04. The highest BCUT2D eigenvalue weighted by molar-refractivity contribution is 7.89. The van der Waals surface area contributed by atoms with Gasteiger partial charge in [-0.05, 0) is 19.9 Å². The van der Waals surface area contributed by atoms with Crippen LogP contribution in [0.2, 0.25) is 0 Å². The van der Waals surface area contributed by atoms with Gasteiger partial charge in [0.05, 0.1) is 29.0 Å². The molecule has 0 radical (unpaired) electrons. The second-order valence-electron chi connectivity index (χ2n) is 4.63. The molecule has 0 bridgehead atoms. The van der Waals surface area contributed by atoms with E-state index in [-0.39, 0.29) is 11.4 Å². The summed E-state index contributed by atoms with van der Waals surface area (Å²) in [5.41, 5.74) is 7.75. The largest absolute Gasteiger partial charge is 0.349 e. The van der Waals surface area contributed by atoms with Gasteiger partial charge < -0.3 is 10.3 Å². The highest BCUT2D eigenvalue weighted by atomic mass is 32.2. The van der Waals surface area contributed by atoms with Crippen molar-refractivity contribution < 1.29 is 8.42 Å². The van der Waals surface area contributed by atoms with Crippen LogP contribution in [-0.4, -0.2) is 23.0 Å². The maximum absolute atomic E-state index is 12.3. The van der Waals surface area contributed by atoms with E-state index < -0.39 is 10.0 Å². The molecule has 3 N–H and O–H groups in total. The molecule has 0 aliphatic heterocycles. The van der Waals surface area contributed by atoms with Crippen LogP contribution in [-0.2, 0) is 29.7 Å². The third-order valence-electron chi connectivity index (χ3n) is 3.10. The minimum atomic E-state index is -3.58. The van der Waals surface area contributed by atoms with E-state index in [1.54, 1.807) is 24.7 Å². The van der Waals surface area contributed by atoms with Gasteiger partial charge in [0.15, 0.2) is 0 Å². The van der Waals surface area contributed by atoms with E-state index in [0.29, 0.717) is 18.8 Å². The van der Waals surface area contributed by atoms with E-state index in [0.717, 1.165) is 11.4 Å². The molecule has 0 spiro atoms. The number of hydrogen-bond acceptors (Lipinski definition) is 5. The average Bonchev–Trinajstić information content (AvgIpc) is 2.91. The topological polar surface area (TPSA) is 103 Å². The molecule has 2 aromatic rings. The van der Waals surface area contributed by atoms with Crippen LogP contribution in [0.15, 0.2) is 29.6 Å². The molecule has 2 heterocycles. The highest BCUT2D eigenvalue weighted by Gasteiger charge is 2.17. The van der Waals surface area contributed by atoms with Crippen LogP contribution in [0.3, 0.4) is 0 Å². The number of hydrogen-bond donors (Lipinski definition) is 2. The van der Waals surface area contributed by atoms with E-state index in [1.807, 2.05) is 18.4 Å². The van der Waals surface area contributed by atoms with Gasteiger partial charge in [0.25, 0.3) is 0 Å². The Labute approximate surface area is 124 Å². The molecule has 0 aliphatic rings. The number of aryl methyl sites for hydroxylation is 2. The van der Waals surface area contributed by atoms with Gasteiger partial charge in [0.1, 0.15) is 0 Å². The standard InChI is InChI=1S/C13H19N5O2S/c1-3-18-9-13(4-12(18)5-14)21(19,20)17-8-11-7-15-10(2)6-16-11/h4,6-7,9,17H,3,5,8,14H2,1-2H3. The van der Waals surface area contributed by atoms with Crippen molar-refractivity contribution in [1.82, 2.24) is 19.3 Å². The van der Waals surface area contributed by atoms with Crippen molar-refractivity contribution in [3.8, 4) is 0 Å². The van der Waals surface area contributed by atoms with E-state index in [2.05, 4.69) is 14.7 Å². The average molecular weight is 309 g/mol. The third-order valence-corrected chi connectivity index (χ3v) is 4.47. The third kappa shape index (κ3) is 3.66. The van der Waals surface area contributed by atoms with E-state index >= 15 is 0 Å². The summed E-state index contributed by atoms with van der Waals surface area (Å²) in [4.78, 5) is 8.41. The van der Waals surface area contributed by atoms with Gasteiger partial charge in [0.2, 0.25) is 10.0 Å². The lowest BCUT2D eigenvalue weighted by Crippen LogP contribution is -2.23. The zero-order chi connectivity index (χ0) is 15.5. The van der Waals surface area contributed by atoms with Crippen LogP contribution in [0.5, 0.6) is 0 Å². The number of nitrogens with one attached hydrogen (secondary N) is 1. The van der Waals surface area contributed by atoms with Gasteiger partial charge in [-0.1, -0.05) is 0 Å². The van der Waals surface area contributed by atoms with Crippen molar-refractivity contribution in [2.45, 2.75) is 38.4 Å². The quantitative estimate of drug-likeness (QED) is 0.811. The van der Waals surface area contributed by atoms with Gasteiger partial charge in [-0.25, -0.2) is 13.1 Å². The smallest absolute Gasteiger partial charge is 0.242 e. The Balaban J connectivity index is 2.14. The Morgan fingerprint density at radius 3 is 2.62 bits per heavy atom. The predicted octanol–water partition coefficient (Wildman–Crippen LogP) is 0.544. The summed E-state index contributed by atoms with van der Waals surface area (Å²) in [6.07, 6.45) is 4.75. The van der Waals surface area contributed by atoms with E-state index in [1.165, 1.54) is 0 Å². The SMILES string of the molecule is CCn1cc(S(=O)(=O)NCc2cnc(C)cn2)cc1CN. The number of rotatable bonds is 6. The maximum atomic E-state index is 12.3. The summed E-state index contributed by atoms with van der Waals surface area (Å²) in [7, 11) is -3.58. The molecule has 7 nitrogen and oxygen atoms in total. The van der Waals surface area contributed by atoms with Crippen molar-refractivity contribution in [2.24, 2.45) is 5.73 Å². The van der Waals surface area contributed by atoms with Crippen LogP contribution >= 0.6 is 0 Å². The van der Waals surface area contributed by atoms with Crippen molar-refractivity contribution in [3.05, 3.63) is 41.7 Å². The number of nitrogens with zero attached hydrogens (tertiary/aromatic N) is 3. The molecule has 2 aromatic heterocycles. The number of nitrogens with two attached hydrogens (primary N) is 1. The first kappa shape index (κ1) is 15.6. The highest BCUT2D eigenvalue weighted by Crippen LogP contribution is 2.14. The minimum absolute atomic E-state index is 0.102. The summed E-state index contributed by atoms with van der Waals surface area (Å²) in [6, 6.07) is 1.59. The normalized spacial score (nSPS) is 11.8. The molecule has 0 saturated heterocycles. The fourth-order valence-electron chi connectivity index (χ4n) is 1.90. The molecular weight excluding hydrogens is 290 g/mol. The zero-order valence-electron chi connectivity index (χ0n) is 12.1. The number of sulfonamides is 1. The first-order valence-corrected chi connectivity index (χ1v) is 8.11. The molecule has 0 fully saturated rings. The van der Waals surface area contributed by atoms with E-state index in [9.17, 15) is 8.42 Å². The van der Waals surface area contributed by atoms with E-state index in [4.69, 9.17) is 5.73 Å². The van der Waals surface area contributed by atoms with Crippen molar-refractivity contribution in [3.63, 3.8) is 0 Å². The predicted molar refractivity (Wildman–Crippen MR) is 78.8 cm³/mol. The summed E-state index contributed by atoms with van der Waals surface area (Å²) >= 11 is 0. The Bertz CT molecular complexity index is 685. The minimum Gasteiger partial charge on any atom is -0.349 e. The fraction of sp³-hybridized carbons (Fsp3) is 0.385. The van der Waals surface area contributed by atoms with Crippen LogP contribution in [0.25, 0.3) is 0 Å². The first-order chi connectivity index (χ1) is 9.96. The van der Waals surface area contributed by atoms with Crippen LogP contribution in [0.1, 0.15) is 24.0 Å². The molecule has 114 valence electrons. The van der Waals surface area contributed by atoms with Gasteiger partial charge in [0, 0.05) is 31.2 Å². The molecule has 0 unspecified atom stereocenters. The Hall–Kier alpha value is -1.77. The van der Waals surface area contributed by atoms with Crippen LogP contribution < -0.4 is 10.5 Å². The Morgan fingerprint density at radius 1 is 1.33 bits per heavy atom. The molecule has 21 heavy (non-hydrogen) atoms. The van der Waals surface area contributed by atoms with Crippen LogP contribution in [0, 0.1) is 6.92 Å². The molecule has 0 aromatic carbocycles. The molecule has 0 saturated carbocycles. The molecular formula is C13H19N5O2S. The molecule has 0 atom stereocenters. The Kier molecular flexibility index (Phi) is 4.71. The van der Waals surface area contributed by atoms with Gasteiger partial charge in [-0.3, -0.25) is 9.97 Å². The summed E-state index contributed by atoms with van der Waals surface area (Å²) < 4.78 is 28.8. The monoisotopic (exact) mass is 309 g/mol. The summed E-state index contributed by atoms with van der Waals surface area (Å²) in [5.74, 6) is 0. The molecule has 0 amide bonds. The van der Waals surface area contributed by atoms with Crippen molar-refractivity contribution in [1.29, 1.82) is 0 Å². The lowest BCUT2D eigenvalue weighted by atomic mass is 10.4. The molecule has 2 rings (SSSR count). The Morgan fingerprint density at radius 2 is 2.10 bits per heavy atom. The summed E-state index contributed by atoms with van der Waals surface area (Å²) in [6.45, 7) is 4.83. The lowest BCUT2D eigenvalue weighted by molar-refractivity contribution is 0.580. The summed E-state index contributed by atoms with van der Waals surface area (Å²) in [5, 5.41) is 0. The zero-order valence-corrected chi connectivity index (χ0v) is 12.9. The van der Waals surface area contributed by atoms with Crippen LogP contribution in [0.4, 0.5) is 0 Å². The molecule has 0 aliphatic carbocycles. The fourth-order valence-corrected chi connectivity index (χ4v) is 2.96. The second-order valence-corrected chi connectivity index (χ2v) is 6.40. The van der Waals surface area contributed by atoms with Crippen molar-refractivity contribution in [2.75, 3.05) is 0 Å². The van der Waals surface area contributed by atoms with Crippen molar-refractivity contribution >= 4 is 10.0 Å².